The Morgan fingerprint density at radius 2 is 2.30 bits per heavy atom. The number of hydrogen-bond donors (Lipinski definition) is 1. The first-order chi connectivity index (χ1) is 11.1. The lowest BCUT2D eigenvalue weighted by Gasteiger charge is -2.25. The Balaban J connectivity index is 1.63. The Kier molecular flexibility index (Phi) is 4.87. The quantitative estimate of drug-likeness (QED) is 0.666. The van der Waals surface area contributed by atoms with E-state index in [9.17, 15) is 9.59 Å². The van der Waals surface area contributed by atoms with Gasteiger partial charge in [-0.1, -0.05) is 18.7 Å². The van der Waals surface area contributed by atoms with Crippen molar-refractivity contribution in [2.45, 2.75) is 38.4 Å². The highest BCUT2D eigenvalue weighted by molar-refractivity contribution is 7.99. The summed E-state index contributed by atoms with van der Waals surface area (Å²) in [6.45, 7) is 5.03. The second kappa shape index (κ2) is 6.88. The van der Waals surface area contributed by atoms with Crippen molar-refractivity contribution in [2.24, 2.45) is 0 Å². The smallest absolute Gasteiger partial charge is 0.219 e. The number of nitrogens with zero attached hydrogens (tertiary/aromatic N) is 2. The molecular weight excluding hydrogens is 330 g/mol. The molecule has 1 N–H and O–H groups in total. The van der Waals surface area contributed by atoms with Crippen LogP contribution < -0.4 is 0 Å². The maximum Gasteiger partial charge on any atom is 0.219 e. The largest absolute Gasteiger partial charge is 0.338 e. The highest BCUT2D eigenvalue weighted by atomic mass is 32.2. The van der Waals surface area contributed by atoms with Crippen molar-refractivity contribution >= 4 is 34.8 Å². The van der Waals surface area contributed by atoms with Crippen molar-refractivity contribution in [1.29, 1.82) is 0 Å². The van der Waals surface area contributed by atoms with Gasteiger partial charge in [0.2, 0.25) is 5.91 Å². The molecule has 2 aromatic heterocycles. The van der Waals surface area contributed by atoms with Crippen LogP contribution in [0.2, 0.25) is 0 Å². The molecular formula is C16H19N3O2S2. The summed E-state index contributed by atoms with van der Waals surface area (Å²) in [4.78, 5) is 35.2. The summed E-state index contributed by atoms with van der Waals surface area (Å²) in [6, 6.07) is 1.96. The number of Topliss-reactive ketones (excluding diaryl/α,β-unsaturated/α-hetero) is 1. The fraction of sp³-hybridized carbons (Fsp3) is 0.438. The lowest BCUT2D eigenvalue weighted by atomic mass is 10.1. The number of carbonyl (C=O) groups excluding carboxylic acids is 2. The zero-order valence-electron chi connectivity index (χ0n) is 13.2. The molecule has 122 valence electrons. The first-order valence-electron chi connectivity index (χ1n) is 7.63. The zero-order chi connectivity index (χ0) is 16.4. The van der Waals surface area contributed by atoms with Crippen LogP contribution in [0.25, 0.3) is 0 Å². The molecule has 0 saturated heterocycles. The Bertz CT molecular complexity index is 736. The molecule has 1 amide bonds. The third kappa shape index (κ3) is 3.67. The van der Waals surface area contributed by atoms with E-state index in [0.29, 0.717) is 12.3 Å². The van der Waals surface area contributed by atoms with Gasteiger partial charge in [0.05, 0.1) is 10.6 Å². The van der Waals surface area contributed by atoms with E-state index >= 15 is 0 Å². The Labute approximate surface area is 143 Å². The van der Waals surface area contributed by atoms with E-state index in [1.807, 2.05) is 17.2 Å². The molecule has 3 heterocycles. The number of carbonyl (C=O) groups is 2. The molecule has 0 unspecified atom stereocenters. The molecule has 0 bridgehead atoms. The van der Waals surface area contributed by atoms with Crippen LogP contribution in [-0.2, 0) is 24.2 Å². The number of aryl methyl sites for hydroxylation is 1. The summed E-state index contributed by atoms with van der Waals surface area (Å²) >= 11 is 3.01. The second-order valence-electron chi connectivity index (χ2n) is 5.53. The van der Waals surface area contributed by atoms with Crippen molar-refractivity contribution in [2.75, 3.05) is 12.3 Å². The minimum Gasteiger partial charge on any atom is -0.338 e. The van der Waals surface area contributed by atoms with Crippen LogP contribution >= 0.6 is 23.1 Å². The number of thioether (sulfide) groups is 1. The first-order valence-corrected chi connectivity index (χ1v) is 9.44. The van der Waals surface area contributed by atoms with Crippen molar-refractivity contribution in [1.82, 2.24) is 14.9 Å². The van der Waals surface area contributed by atoms with Gasteiger partial charge in [-0.3, -0.25) is 9.59 Å². The predicted molar refractivity (Wildman–Crippen MR) is 92.1 cm³/mol. The molecule has 0 radical (unpaired) electrons. The number of nitrogens with one attached hydrogen (secondary N) is 1. The normalized spacial score (nSPS) is 13.9. The number of imidazole rings is 1. The summed E-state index contributed by atoms with van der Waals surface area (Å²) in [6.07, 6.45) is 3.57. The number of amides is 1. The molecule has 0 fully saturated rings. The van der Waals surface area contributed by atoms with Gasteiger partial charge in [0.15, 0.2) is 10.9 Å². The van der Waals surface area contributed by atoms with Gasteiger partial charge in [0, 0.05) is 36.8 Å². The molecule has 0 atom stereocenters. The van der Waals surface area contributed by atoms with E-state index in [4.69, 9.17) is 0 Å². The maximum absolute atomic E-state index is 12.4. The average molecular weight is 349 g/mol. The molecule has 2 aromatic rings. The molecule has 1 aliphatic rings. The summed E-state index contributed by atoms with van der Waals surface area (Å²) in [7, 11) is 0. The minimum atomic E-state index is 0.0924. The van der Waals surface area contributed by atoms with E-state index in [-0.39, 0.29) is 11.7 Å². The predicted octanol–water partition coefficient (Wildman–Crippen LogP) is 2.91. The minimum absolute atomic E-state index is 0.0924. The van der Waals surface area contributed by atoms with Gasteiger partial charge in [-0.05, 0) is 24.5 Å². The summed E-state index contributed by atoms with van der Waals surface area (Å²) in [5, 5.41) is 0.791. The molecule has 0 aromatic carbocycles. The van der Waals surface area contributed by atoms with E-state index in [0.717, 1.165) is 40.7 Å². The van der Waals surface area contributed by atoms with Gasteiger partial charge in [-0.25, -0.2) is 4.98 Å². The van der Waals surface area contributed by atoms with Gasteiger partial charge in [-0.2, -0.15) is 0 Å². The molecule has 1 aliphatic heterocycles. The van der Waals surface area contributed by atoms with E-state index in [2.05, 4.69) is 16.9 Å². The van der Waals surface area contributed by atoms with E-state index in [1.54, 1.807) is 18.3 Å². The molecule has 0 aliphatic carbocycles. The Hall–Kier alpha value is -1.60. The van der Waals surface area contributed by atoms with Crippen LogP contribution in [0, 0.1) is 0 Å². The van der Waals surface area contributed by atoms with Crippen LogP contribution in [0.3, 0.4) is 0 Å². The molecule has 3 rings (SSSR count). The van der Waals surface area contributed by atoms with Gasteiger partial charge >= 0.3 is 0 Å². The summed E-state index contributed by atoms with van der Waals surface area (Å²) in [5.74, 6) is 0.597. The zero-order valence-corrected chi connectivity index (χ0v) is 14.9. The van der Waals surface area contributed by atoms with Crippen LogP contribution in [0.5, 0.6) is 0 Å². The van der Waals surface area contributed by atoms with Crippen molar-refractivity contribution < 1.29 is 9.59 Å². The van der Waals surface area contributed by atoms with Crippen molar-refractivity contribution in [3.8, 4) is 0 Å². The second-order valence-corrected chi connectivity index (χ2v) is 7.63. The number of ketones is 1. The Morgan fingerprint density at radius 3 is 3.00 bits per heavy atom. The summed E-state index contributed by atoms with van der Waals surface area (Å²) < 4.78 is 0. The van der Waals surface area contributed by atoms with Gasteiger partial charge in [0.25, 0.3) is 0 Å². The number of H-pyrrole nitrogens is 1. The lowest BCUT2D eigenvalue weighted by Crippen LogP contribution is -2.33. The Morgan fingerprint density at radius 1 is 1.48 bits per heavy atom. The summed E-state index contributed by atoms with van der Waals surface area (Å²) in [5.41, 5.74) is 2.20. The van der Waals surface area contributed by atoms with Gasteiger partial charge < -0.3 is 9.88 Å². The van der Waals surface area contributed by atoms with Crippen LogP contribution in [0.1, 0.15) is 39.7 Å². The fourth-order valence-electron chi connectivity index (χ4n) is 2.54. The molecule has 0 spiro atoms. The van der Waals surface area contributed by atoms with E-state index < -0.39 is 0 Å². The van der Waals surface area contributed by atoms with Crippen LogP contribution in [0.4, 0.5) is 0 Å². The maximum atomic E-state index is 12.4. The first kappa shape index (κ1) is 16.3. The SMILES string of the molecule is CCc1cnc(SCC(=O)c2cc3c(s2)CCN(C(C)=O)C3)[nH]1. The van der Waals surface area contributed by atoms with Crippen molar-refractivity contribution in [3.05, 3.63) is 33.3 Å². The highest BCUT2D eigenvalue weighted by Gasteiger charge is 2.22. The van der Waals surface area contributed by atoms with Gasteiger partial charge in [0.1, 0.15) is 0 Å². The highest BCUT2D eigenvalue weighted by Crippen LogP contribution is 2.29. The average Bonchev–Trinajstić information content (AvgIpc) is 3.18. The standard InChI is InChI=1S/C16H19N3O2S2/c1-3-12-7-17-16(18-12)22-9-13(21)15-6-11-8-19(10(2)20)5-4-14(11)23-15/h6-7H,3-5,8-9H2,1-2H3,(H,17,18). The van der Waals surface area contributed by atoms with Crippen LogP contribution in [-0.4, -0.2) is 38.9 Å². The lowest BCUT2D eigenvalue weighted by molar-refractivity contribution is -0.129. The number of aromatic nitrogens is 2. The third-order valence-electron chi connectivity index (χ3n) is 3.91. The third-order valence-corrected chi connectivity index (χ3v) is 6.08. The number of thiophene rings is 1. The molecule has 0 saturated carbocycles. The topological polar surface area (TPSA) is 66.1 Å². The van der Waals surface area contributed by atoms with Crippen LogP contribution in [0.15, 0.2) is 17.4 Å². The van der Waals surface area contributed by atoms with Crippen molar-refractivity contribution in [3.63, 3.8) is 0 Å². The van der Waals surface area contributed by atoms with E-state index in [1.165, 1.54) is 16.6 Å². The number of aromatic amines is 1. The fourth-order valence-corrected chi connectivity index (χ4v) is 4.48. The molecule has 5 nitrogen and oxygen atoms in total. The van der Waals surface area contributed by atoms with Gasteiger partial charge in [-0.15, -0.1) is 11.3 Å². The monoisotopic (exact) mass is 349 g/mol. The molecule has 7 heteroatoms. The number of hydrogen-bond acceptors (Lipinski definition) is 5. The number of rotatable bonds is 5. The molecule has 23 heavy (non-hydrogen) atoms. The number of fused-ring (bicyclic) bond motifs is 1.